The highest BCUT2D eigenvalue weighted by molar-refractivity contribution is 6.30. The summed E-state index contributed by atoms with van der Waals surface area (Å²) < 4.78 is 11.2. The molecule has 186 valence electrons. The first-order valence-electron chi connectivity index (χ1n) is 11.3. The Hall–Kier alpha value is -2.91. The number of benzene rings is 2. The van der Waals surface area contributed by atoms with Gasteiger partial charge in [-0.1, -0.05) is 35.9 Å². The Kier molecular flexibility index (Phi) is 7.47. The molecule has 4 N–H and O–H groups in total. The fourth-order valence-electron chi connectivity index (χ4n) is 4.46. The van der Waals surface area contributed by atoms with Crippen molar-refractivity contribution < 1.29 is 39.5 Å². The van der Waals surface area contributed by atoms with Gasteiger partial charge < -0.3 is 29.9 Å². The summed E-state index contributed by atoms with van der Waals surface area (Å²) in [7, 11) is 0. The Balaban J connectivity index is 1.39. The lowest BCUT2D eigenvalue weighted by molar-refractivity contribution is -0.207. The smallest absolute Gasteiger partial charge is 0.336 e. The number of aliphatic hydroxyl groups is 2. The summed E-state index contributed by atoms with van der Waals surface area (Å²) in [5, 5.41) is 40.7. The maximum Gasteiger partial charge on any atom is 0.336 e. The molecule has 0 saturated heterocycles. The van der Waals surface area contributed by atoms with Crippen LogP contribution < -0.4 is 0 Å². The number of phenols is 1. The molecule has 4 rings (SSSR count). The van der Waals surface area contributed by atoms with E-state index in [2.05, 4.69) is 0 Å². The minimum absolute atomic E-state index is 0.0831. The Labute approximate surface area is 207 Å². The van der Waals surface area contributed by atoms with Crippen LogP contribution in [0.5, 0.6) is 5.75 Å². The number of ether oxygens (including phenoxy) is 2. The second-order valence-electron chi connectivity index (χ2n) is 9.13. The molecule has 0 amide bonds. The average molecular weight is 503 g/mol. The van der Waals surface area contributed by atoms with Gasteiger partial charge in [0.15, 0.2) is 5.60 Å². The van der Waals surface area contributed by atoms with Crippen molar-refractivity contribution in [2.45, 2.75) is 49.1 Å². The van der Waals surface area contributed by atoms with Gasteiger partial charge in [0.2, 0.25) is 0 Å². The standard InChI is InChI=1S/C26H27ClO8/c27-18-6-4-16(5-7-18)20-11-17(20)14-34-26(25(32)33)12-21(29)24(31)22(13-26)35-23(30)10-3-15-1-8-19(28)9-2-15/h1-10,17,20-22,24,28-29,31H,11-14H2,(H,32,33)/b10-3+. The zero-order chi connectivity index (χ0) is 25.2. The van der Waals surface area contributed by atoms with E-state index < -0.39 is 35.9 Å². The Morgan fingerprint density at radius 1 is 1.06 bits per heavy atom. The number of carbonyl (C=O) groups excluding carboxylic acids is 1. The van der Waals surface area contributed by atoms with Crippen LogP contribution in [0.3, 0.4) is 0 Å². The molecule has 8 nitrogen and oxygen atoms in total. The number of phenolic OH excluding ortho intramolecular Hbond substituents is 1. The van der Waals surface area contributed by atoms with Crippen LogP contribution in [0, 0.1) is 5.92 Å². The molecule has 2 fully saturated rings. The van der Waals surface area contributed by atoms with Gasteiger partial charge in [-0.15, -0.1) is 0 Å². The molecule has 0 heterocycles. The van der Waals surface area contributed by atoms with E-state index in [1.807, 2.05) is 12.1 Å². The van der Waals surface area contributed by atoms with Gasteiger partial charge in [0.25, 0.3) is 0 Å². The van der Waals surface area contributed by atoms with E-state index >= 15 is 0 Å². The number of aromatic hydroxyl groups is 1. The maximum atomic E-state index is 12.3. The molecule has 2 aromatic carbocycles. The number of carbonyl (C=O) groups is 2. The monoisotopic (exact) mass is 502 g/mol. The van der Waals surface area contributed by atoms with Gasteiger partial charge in [-0.05, 0) is 59.7 Å². The molecule has 0 aliphatic heterocycles. The fourth-order valence-corrected chi connectivity index (χ4v) is 4.58. The van der Waals surface area contributed by atoms with Crippen LogP contribution >= 0.6 is 11.6 Å². The first kappa shape index (κ1) is 25.2. The van der Waals surface area contributed by atoms with Crippen molar-refractivity contribution in [2.24, 2.45) is 5.92 Å². The zero-order valence-electron chi connectivity index (χ0n) is 18.8. The van der Waals surface area contributed by atoms with Crippen LogP contribution in [0.1, 0.15) is 36.3 Å². The van der Waals surface area contributed by atoms with E-state index in [1.165, 1.54) is 18.2 Å². The third kappa shape index (κ3) is 6.02. The van der Waals surface area contributed by atoms with Crippen molar-refractivity contribution in [2.75, 3.05) is 6.61 Å². The SMILES string of the molecule is O=C(/C=C/c1ccc(O)cc1)OC1CC(OCC2CC2c2ccc(Cl)cc2)(C(=O)O)CC(O)C1O. The molecule has 6 atom stereocenters. The second kappa shape index (κ2) is 10.4. The molecule has 35 heavy (non-hydrogen) atoms. The highest BCUT2D eigenvalue weighted by Crippen LogP contribution is 2.49. The van der Waals surface area contributed by atoms with Gasteiger partial charge in [-0.25, -0.2) is 9.59 Å². The van der Waals surface area contributed by atoms with E-state index in [0.29, 0.717) is 10.6 Å². The quantitative estimate of drug-likeness (QED) is 0.319. The molecule has 0 spiro atoms. The second-order valence-corrected chi connectivity index (χ2v) is 9.57. The van der Waals surface area contributed by atoms with Crippen LogP contribution in [0.15, 0.2) is 54.6 Å². The van der Waals surface area contributed by atoms with E-state index in [4.69, 9.17) is 21.1 Å². The zero-order valence-corrected chi connectivity index (χ0v) is 19.5. The van der Waals surface area contributed by atoms with Crippen molar-refractivity contribution in [3.8, 4) is 5.75 Å². The lowest BCUT2D eigenvalue weighted by Gasteiger charge is -2.42. The minimum atomic E-state index is -1.79. The average Bonchev–Trinajstić information content (AvgIpc) is 3.60. The van der Waals surface area contributed by atoms with Crippen LogP contribution in [-0.2, 0) is 19.1 Å². The first-order chi connectivity index (χ1) is 16.7. The molecule has 2 aromatic rings. The van der Waals surface area contributed by atoms with Gasteiger partial charge >= 0.3 is 11.9 Å². The van der Waals surface area contributed by atoms with Gasteiger partial charge in [0.1, 0.15) is 18.0 Å². The summed E-state index contributed by atoms with van der Waals surface area (Å²) in [5.41, 5.74) is -0.0669. The molecule has 2 saturated carbocycles. The lowest BCUT2D eigenvalue weighted by atomic mass is 9.79. The first-order valence-corrected chi connectivity index (χ1v) is 11.7. The van der Waals surface area contributed by atoms with Crippen LogP contribution in [0.2, 0.25) is 5.02 Å². The van der Waals surface area contributed by atoms with Crippen molar-refractivity contribution in [1.29, 1.82) is 0 Å². The highest BCUT2D eigenvalue weighted by Gasteiger charge is 2.53. The van der Waals surface area contributed by atoms with Crippen LogP contribution in [0.25, 0.3) is 6.08 Å². The van der Waals surface area contributed by atoms with Crippen LogP contribution in [0.4, 0.5) is 0 Å². The molecular weight excluding hydrogens is 476 g/mol. The van der Waals surface area contributed by atoms with E-state index in [9.17, 15) is 30.0 Å². The van der Waals surface area contributed by atoms with E-state index in [0.717, 1.165) is 18.1 Å². The van der Waals surface area contributed by atoms with Crippen molar-refractivity contribution >= 4 is 29.6 Å². The van der Waals surface area contributed by atoms with Crippen LogP contribution in [-0.4, -0.2) is 62.9 Å². The fraction of sp³-hybridized carbons (Fsp3) is 0.385. The predicted molar refractivity (Wildman–Crippen MR) is 127 cm³/mol. The summed E-state index contributed by atoms with van der Waals surface area (Å²) in [4.78, 5) is 24.5. The molecular formula is C26H27ClO8. The topological polar surface area (TPSA) is 134 Å². The number of hydrogen-bond acceptors (Lipinski definition) is 7. The maximum absolute atomic E-state index is 12.3. The Morgan fingerprint density at radius 2 is 1.74 bits per heavy atom. The number of carboxylic acid groups (broad SMARTS) is 1. The van der Waals surface area contributed by atoms with Gasteiger partial charge in [-0.3, -0.25) is 0 Å². The summed E-state index contributed by atoms with van der Waals surface area (Å²) in [6, 6.07) is 13.6. The summed E-state index contributed by atoms with van der Waals surface area (Å²) in [5.74, 6) is -1.66. The summed E-state index contributed by atoms with van der Waals surface area (Å²) >= 11 is 5.94. The predicted octanol–water partition coefficient (Wildman–Crippen LogP) is 3.13. The third-order valence-corrected chi connectivity index (χ3v) is 6.85. The summed E-state index contributed by atoms with van der Waals surface area (Å²) in [6.07, 6.45) is -1.34. The number of hydrogen-bond donors (Lipinski definition) is 4. The summed E-state index contributed by atoms with van der Waals surface area (Å²) in [6.45, 7) is 0.157. The number of esters is 1. The van der Waals surface area contributed by atoms with Gasteiger partial charge in [-0.2, -0.15) is 0 Å². The molecule has 9 heteroatoms. The van der Waals surface area contributed by atoms with Crippen molar-refractivity contribution in [3.05, 3.63) is 70.8 Å². The molecule has 6 unspecified atom stereocenters. The number of aliphatic hydroxyl groups excluding tert-OH is 2. The lowest BCUT2D eigenvalue weighted by Crippen LogP contribution is -2.58. The third-order valence-electron chi connectivity index (χ3n) is 6.60. The van der Waals surface area contributed by atoms with E-state index in [1.54, 1.807) is 24.3 Å². The Morgan fingerprint density at radius 3 is 2.40 bits per heavy atom. The number of carboxylic acids is 1. The molecule has 2 aliphatic carbocycles. The number of aliphatic carboxylic acids is 1. The molecule has 2 aliphatic rings. The largest absolute Gasteiger partial charge is 0.508 e. The van der Waals surface area contributed by atoms with Crippen molar-refractivity contribution in [1.82, 2.24) is 0 Å². The van der Waals surface area contributed by atoms with E-state index in [-0.39, 0.29) is 37.0 Å². The molecule has 0 radical (unpaired) electrons. The molecule has 0 aromatic heterocycles. The number of rotatable bonds is 8. The normalized spacial score (nSPS) is 30.2. The molecule has 0 bridgehead atoms. The van der Waals surface area contributed by atoms with Gasteiger partial charge in [0, 0.05) is 23.9 Å². The number of halogens is 1. The highest BCUT2D eigenvalue weighted by atomic mass is 35.5. The van der Waals surface area contributed by atoms with Crippen molar-refractivity contribution in [3.63, 3.8) is 0 Å². The Bertz CT molecular complexity index is 1080. The van der Waals surface area contributed by atoms with Gasteiger partial charge in [0.05, 0.1) is 12.7 Å². The minimum Gasteiger partial charge on any atom is -0.508 e.